The van der Waals surface area contributed by atoms with Gasteiger partial charge in [0.25, 0.3) is 5.91 Å². The van der Waals surface area contributed by atoms with Crippen LogP contribution in [0.25, 0.3) is 0 Å². The van der Waals surface area contributed by atoms with E-state index in [2.05, 4.69) is 21.0 Å². The summed E-state index contributed by atoms with van der Waals surface area (Å²) in [6, 6.07) is 19.7. The molecule has 3 aromatic rings. The molecule has 0 radical (unpaired) electrons. The second-order valence-electron chi connectivity index (χ2n) is 8.89. The topological polar surface area (TPSA) is 53.0 Å². The highest BCUT2D eigenvalue weighted by Gasteiger charge is 2.42. The van der Waals surface area contributed by atoms with Crippen molar-refractivity contribution < 1.29 is 22.8 Å². The molecule has 37 heavy (non-hydrogen) atoms. The Balaban J connectivity index is 1.71. The van der Waals surface area contributed by atoms with Crippen LogP contribution in [0.5, 0.6) is 0 Å². The SMILES string of the molecule is CC(=O)N(C(=O)CN1CC(C)(c2ccccc2)C(c2ccc(C(F)(F)F)c(Cl)c2)=N1)c1ccc(Br)cc1. The van der Waals surface area contributed by atoms with Gasteiger partial charge in [-0.1, -0.05) is 63.9 Å². The molecule has 0 bridgehead atoms. The van der Waals surface area contributed by atoms with Crippen molar-refractivity contribution in [1.82, 2.24) is 5.01 Å². The molecule has 0 N–H and O–H groups in total. The van der Waals surface area contributed by atoms with Crippen LogP contribution < -0.4 is 4.90 Å². The Labute approximate surface area is 225 Å². The smallest absolute Gasteiger partial charge is 0.286 e. The molecule has 192 valence electrons. The molecule has 0 aliphatic carbocycles. The molecule has 4 rings (SSSR count). The molecular weight excluding hydrogens is 571 g/mol. The summed E-state index contributed by atoms with van der Waals surface area (Å²) in [7, 11) is 0. The minimum atomic E-state index is -4.59. The Morgan fingerprint density at radius 3 is 2.30 bits per heavy atom. The number of anilines is 1. The Morgan fingerprint density at radius 2 is 1.73 bits per heavy atom. The Hall–Kier alpha value is -3.17. The van der Waals surface area contributed by atoms with E-state index in [-0.39, 0.29) is 13.1 Å². The molecule has 5 nitrogen and oxygen atoms in total. The lowest BCUT2D eigenvalue weighted by Gasteiger charge is -2.28. The predicted molar refractivity (Wildman–Crippen MR) is 141 cm³/mol. The summed E-state index contributed by atoms with van der Waals surface area (Å²) in [5.74, 6) is -0.934. The van der Waals surface area contributed by atoms with Gasteiger partial charge >= 0.3 is 6.18 Å². The van der Waals surface area contributed by atoms with E-state index < -0.39 is 34.0 Å². The maximum absolute atomic E-state index is 13.3. The number of hydrogen-bond acceptors (Lipinski definition) is 4. The van der Waals surface area contributed by atoms with Crippen LogP contribution in [0.15, 0.2) is 82.4 Å². The zero-order valence-corrected chi connectivity index (χ0v) is 22.2. The van der Waals surface area contributed by atoms with E-state index in [4.69, 9.17) is 11.6 Å². The highest BCUT2D eigenvalue weighted by Crippen LogP contribution is 2.39. The van der Waals surface area contributed by atoms with Gasteiger partial charge in [-0.25, -0.2) is 4.90 Å². The third-order valence-corrected chi connectivity index (χ3v) is 7.03. The average Bonchev–Trinajstić information content (AvgIpc) is 3.17. The van der Waals surface area contributed by atoms with Crippen molar-refractivity contribution in [3.8, 4) is 0 Å². The molecule has 10 heteroatoms. The van der Waals surface area contributed by atoms with Gasteiger partial charge in [-0.3, -0.25) is 14.6 Å². The fourth-order valence-electron chi connectivity index (χ4n) is 4.44. The van der Waals surface area contributed by atoms with E-state index in [0.29, 0.717) is 17.0 Å². The van der Waals surface area contributed by atoms with Crippen molar-refractivity contribution >= 4 is 50.7 Å². The van der Waals surface area contributed by atoms with Crippen LogP contribution in [0.1, 0.15) is 30.5 Å². The van der Waals surface area contributed by atoms with Crippen LogP contribution in [0.4, 0.5) is 18.9 Å². The van der Waals surface area contributed by atoms with Gasteiger partial charge in [0, 0.05) is 17.0 Å². The normalized spacial score (nSPS) is 17.5. The second kappa shape index (κ2) is 10.3. The van der Waals surface area contributed by atoms with E-state index in [0.717, 1.165) is 21.0 Å². The third kappa shape index (κ3) is 5.57. The second-order valence-corrected chi connectivity index (χ2v) is 10.2. The molecule has 1 unspecified atom stereocenters. The van der Waals surface area contributed by atoms with Crippen molar-refractivity contribution in [2.45, 2.75) is 25.4 Å². The molecule has 1 aliphatic heterocycles. The number of alkyl halides is 3. The quantitative estimate of drug-likeness (QED) is 0.332. The Kier molecular flexibility index (Phi) is 7.48. The Morgan fingerprint density at radius 1 is 1.08 bits per heavy atom. The van der Waals surface area contributed by atoms with Crippen molar-refractivity contribution in [1.29, 1.82) is 0 Å². The molecule has 2 amide bonds. The molecule has 0 spiro atoms. The molecular formula is C27H22BrClF3N3O2. The Bertz CT molecular complexity index is 1360. The highest BCUT2D eigenvalue weighted by molar-refractivity contribution is 9.10. The number of hydrazone groups is 1. The van der Waals surface area contributed by atoms with Crippen molar-refractivity contribution in [3.05, 3.63) is 99.0 Å². The van der Waals surface area contributed by atoms with Gasteiger partial charge in [0.05, 0.1) is 33.9 Å². The van der Waals surface area contributed by atoms with Crippen molar-refractivity contribution in [2.75, 3.05) is 18.0 Å². The number of carbonyl (C=O) groups excluding carboxylic acids is 2. The van der Waals surface area contributed by atoms with Gasteiger partial charge in [0.1, 0.15) is 6.54 Å². The number of imide groups is 1. The first-order chi connectivity index (χ1) is 17.4. The first kappa shape index (κ1) is 26.9. The van der Waals surface area contributed by atoms with Crippen molar-refractivity contribution in [2.24, 2.45) is 5.10 Å². The summed E-state index contributed by atoms with van der Waals surface area (Å²) in [4.78, 5) is 26.7. The first-order valence-electron chi connectivity index (χ1n) is 11.3. The average molecular weight is 593 g/mol. The number of carbonyl (C=O) groups is 2. The lowest BCUT2D eigenvalue weighted by atomic mass is 9.76. The van der Waals surface area contributed by atoms with Crippen LogP contribution in [0.2, 0.25) is 5.02 Å². The van der Waals surface area contributed by atoms with E-state index in [9.17, 15) is 22.8 Å². The number of halogens is 5. The minimum Gasteiger partial charge on any atom is -0.286 e. The number of rotatable bonds is 5. The maximum Gasteiger partial charge on any atom is 0.417 e. The molecule has 1 atom stereocenters. The third-order valence-electron chi connectivity index (χ3n) is 6.19. The number of nitrogens with zero attached hydrogens (tertiary/aromatic N) is 3. The van der Waals surface area contributed by atoms with Gasteiger partial charge in [0.2, 0.25) is 5.91 Å². The van der Waals surface area contributed by atoms with Gasteiger partial charge in [-0.15, -0.1) is 0 Å². The number of hydrogen-bond donors (Lipinski definition) is 0. The summed E-state index contributed by atoms with van der Waals surface area (Å²) in [5, 5.41) is 5.75. The molecule has 0 saturated heterocycles. The zero-order chi connectivity index (χ0) is 27.0. The highest BCUT2D eigenvalue weighted by atomic mass is 79.9. The largest absolute Gasteiger partial charge is 0.417 e. The van der Waals surface area contributed by atoms with Gasteiger partial charge in [-0.2, -0.15) is 18.3 Å². The van der Waals surface area contributed by atoms with Crippen LogP contribution in [-0.2, 0) is 21.2 Å². The van der Waals surface area contributed by atoms with E-state index in [1.807, 2.05) is 37.3 Å². The summed E-state index contributed by atoms with van der Waals surface area (Å²) in [6.07, 6.45) is -4.59. The molecule has 3 aromatic carbocycles. The lowest BCUT2D eigenvalue weighted by Crippen LogP contribution is -2.43. The van der Waals surface area contributed by atoms with Gasteiger partial charge in [0.15, 0.2) is 0 Å². The summed E-state index contributed by atoms with van der Waals surface area (Å²) in [6.45, 7) is 3.27. The summed E-state index contributed by atoms with van der Waals surface area (Å²) >= 11 is 9.35. The monoisotopic (exact) mass is 591 g/mol. The zero-order valence-electron chi connectivity index (χ0n) is 19.9. The molecule has 1 heterocycles. The fraction of sp³-hybridized carbons (Fsp3) is 0.222. The van der Waals surface area contributed by atoms with Crippen LogP contribution in [-0.4, -0.2) is 35.6 Å². The van der Waals surface area contributed by atoms with Crippen LogP contribution >= 0.6 is 27.5 Å². The summed E-state index contributed by atoms with van der Waals surface area (Å²) < 4.78 is 40.7. The molecule has 0 aromatic heterocycles. The van der Waals surface area contributed by atoms with Crippen LogP contribution in [0, 0.1) is 0 Å². The summed E-state index contributed by atoms with van der Waals surface area (Å²) in [5.41, 5.74) is 0.483. The first-order valence-corrected chi connectivity index (χ1v) is 12.4. The van der Waals surface area contributed by atoms with Gasteiger partial charge < -0.3 is 0 Å². The van der Waals surface area contributed by atoms with Crippen molar-refractivity contribution in [3.63, 3.8) is 0 Å². The van der Waals surface area contributed by atoms with Crippen LogP contribution in [0.3, 0.4) is 0 Å². The molecule has 1 aliphatic rings. The van der Waals surface area contributed by atoms with E-state index in [1.165, 1.54) is 24.1 Å². The number of amides is 2. The molecule has 0 saturated carbocycles. The lowest BCUT2D eigenvalue weighted by molar-refractivity contribution is -0.137. The number of benzene rings is 3. The van der Waals surface area contributed by atoms with Gasteiger partial charge in [-0.05, 0) is 48.9 Å². The predicted octanol–water partition coefficient (Wildman–Crippen LogP) is 6.68. The van der Waals surface area contributed by atoms with E-state index in [1.54, 1.807) is 24.3 Å². The fourth-order valence-corrected chi connectivity index (χ4v) is 4.99. The van der Waals surface area contributed by atoms with E-state index >= 15 is 0 Å². The molecule has 0 fully saturated rings. The standard InChI is InChI=1S/C27H22BrClF3N3O2/c1-17(36)35(21-11-9-20(28)10-12-21)24(37)15-34-16-26(2,19-6-4-3-5-7-19)25(33-34)18-8-13-22(23(29)14-18)27(30,31)32/h3-14H,15-16H2,1-2H3. The minimum absolute atomic E-state index is 0.212. The maximum atomic E-state index is 13.3.